The standard InChI is InChI=1S/C26H42N2O4/c1-3-4-5-6-7-8-12-18-24(29)27-23(26(31)32)17-13-14-21-28(2)25(30)20-19-22-15-10-9-11-16-22/h9-11,15-16,23H,3-8,12-14,17-21H2,1-2H3,(H,27,29)(H,31,32). The highest BCUT2D eigenvalue weighted by atomic mass is 16.4. The molecule has 32 heavy (non-hydrogen) atoms. The minimum atomic E-state index is -0.995. The fourth-order valence-electron chi connectivity index (χ4n) is 3.68. The van der Waals surface area contributed by atoms with Crippen LogP contribution in [0.15, 0.2) is 30.3 Å². The quantitative estimate of drug-likeness (QED) is 0.312. The van der Waals surface area contributed by atoms with Crippen LogP contribution in [0.3, 0.4) is 0 Å². The van der Waals surface area contributed by atoms with Gasteiger partial charge in [0, 0.05) is 26.4 Å². The third-order valence-corrected chi connectivity index (χ3v) is 5.77. The Balaban J connectivity index is 2.18. The maximum Gasteiger partial charge on any atom is 0.326 e. The molecule has 6 nitrogen and oxygen atoms in total. The van der Waals surface area contributed by atoms with Crippen LogP contribution < -0.4 is 5.32 Å². The summed E-state index contributed by atoms with van der Waals surface area (Å²) in [6.45, 7) is 2.78. The number of unbranched alkanes of at least 4 members (excludes halogenated alkanes) is 7. The van der Waals surface area contributed by atoms with Crippen molar-refractivity contribution in [1.82, 2.24) is 10.2 Å². The van der Waals surface area contributed by atoms with Gasteiger partial charge in [0.05, 0.1) is 0 Å². The molecule has 1 atom stereocenters. The third-order valence-electron chi connectivity index (χ3n) is 5.77. The number of amides is 2. The van der Waals surface area contributed by atoms with Crippen molar-refractivity contribution >= 4 is 17.8 Å². The van der Waals surface area contributed by atoms with Crippen LogP contribution in [0.4, 0.5) is 0 Å². The Morgan fingerprint density at radius 3 is 2.22 bits per heavy atom. The molecule has 0 aromatic heterocycles. The number of nitrogens with one attached hydrogen (secondary N) is 1. The predicted molar refractivity (Wildman–Crippen MR) is 128 cm³/mol. The predicted octanol–water partition coefficient (Wildman–Crippen LogP) is 4.96. The van der Waals surface area contributed by atoms with Gasteiger partial charge >= 0.3 is 5.97 Å². The molecular formula is C26H42N2O4. The molecule has 0 saturated heterocycles. The van der Waals surface area contributed by atoms with Gasteiger partial charge in [-0.1, -0.05) is 75.8 Å². The van der Waals surface area contributed by atoms with Gasteiger partial charge in [0.2, 0.25) is 11.8 Å². The van der Waals surface area contributed by atoms with Gasteiger partial charge in [-0.3, -0.25) is 9.59 Å². The van der Waals surface area contributed by atoms with Gasteiger partial charge in [-0.25, -0.2) is 4.79 Å². The number of benzene rings is 1. The molecule has 1 rings (SSSR count). The Bertz CT molecular complexity index is 663. The van der Waals surface area contributed by atoms with Crippen molar-refractivity contribution in [3.63, 3.8) is 0 Å². The summed E-state index contributed by atoms with van der Waals surface area (Å²) in [7, 11) is 1.78. The molecule has 0 aliphatic carbocycles. The summed E-state index contributed by atoms with van der Waals surface area (Å²) in [5, 5.41) is 12.1. The Morgan fingerprint density at radius 2 is 1.56 bits per heavy atom. The maximum atomic E-state index is 12.3. The summed E-state index contributed by atoms with van der Waals surface area (Å²) in [5.74, 6) is -1.09. The lowest BCUT2D eigenvalue weighted by atomic mass is 10.1. The Labute approximate surface area is 193 Å². The molecule has 0 aliphatic heterocycles. The van der Waals surface area contributed by atoms with Crippen LogP contribution in [-0.2, 0) is 20.8 Å². The highest BCUT2D eigenvalue weighted by Gasteiger charge is 2.19. The van der Waals surface area contributed by atoms with Crippen molar-refractivity contribution in [2.75, 3.05) is 13.6 Å². The number of aryl methyl sites for hydroxylation is 1. The van der Waals surface area contributed by atoms with Gasteiger partial charge in [-0.15, -0.1) is 0 Å². The summed E-state index contributed by atoms with van der Waals surface area (Å²) in [6.07, 6.45) is 11.2. The molecular weight excluding hydrogens is 404 g/mol. The highest BCUT2D eigenvalue weighted by molar-refractivity contribution is 5.83. The lowest BCUT2D eigenvalue weighted by molar-refractivity contribution is -0.142. The van der Waals surface area contributed by atoms with E-state index in [-0.39, 0.29) is 11.8 Å². The number of carbonyl (C=O) groups is 3. The van der Waals surface area contributed by atoms with Crippen molar-refractivity contribution in [2.24, 2.45) is 0 Å². The molecule has 0 aliphatic rings. The molecule has 0 spiro atoms. The van der Waals surface area contributed by atoms with E-state index in [1.165, 1.54) is 25.7 Å². The first-order valence-electron chi connectivity index (χ1n) is 12.2. The molecule has 180 valence electrons. The average molecular weight is 447 g/mol. The fraction of sp³-hybridized carbons (Fsp3) is 0.654. The van der Waals surface area contributed by atoms with E-state index in [1.807, 2.05) is 30.3 Å². The van der Waals surface area contributed by atoms with Gasteiger partial charge in [-0.2, -0.15) is 0 Å². The van der Waals surface area contributed by atoms with Crippen LogP contribution in [0, 0.1) is 0 Å². The molecule has 2 N–H and O–H groups in total. The van der Waals surface area contributed by atoms with E-state index in [2.05, 4.69) is 12.2 Å². The molecule has 0 heterocycles. The summed E-state index contributed by atoms with van der Waals surface area (Å²) in [4.78, 5) is 37.6. The van der Waals surface area contributed by atoms with Crippen molar-refractivity contribution in [3.8, 4) is 0 Å². The number of nitrogens with zero attached hydrogens (tertiary/aromatic N) is 1. The molecule has 0 saturated carbocycles. The molecule has 0 bridgehead atoms. The van der Waals surface area contributed by atoms with Crippen LogP contribution in [0.5, 0.6) is 0 Å². The molecule has 0 fully saturated rings. The second-order valence-corrected chi connectivity index (χ2v) is 8.63. The number of hydrogen-bond acceptors (Lipinski definition) is 3. The molecule has 1 aromatic carbocycles. The molecule has 1 aromatic rings. The number of rotatable bonds is 18. The number of carboxylic acid groups (broad SMARTS) is 1. The molecule has 6 heteroatoms. The lowest BCUT2D eigenvalue weighted by Crippen LogP contribution is -2.40. The van der Waals surface area contributed by atoms with Crippen LogP contribution >= 0.6 is 0 Å². The Morgan fingerprint density at radius 1 is 0.906 bits per heavy atom. The summed E-state index contributed by atoms with van der Waals surface area (Å²) in [5.41, 5.74) is 1.14. The van der Waals surface area contributed by atoms with E-state index in [9.17, 15) is 19.5 Å². The zero-order chi connectivity index (χ0) is 23.6. The topological polar surface area (TPSA) is 86.7 Å². The minimum Gasteiger partial charge on any atom is -0.480 e. The van der Waals surface area contributed by atoms with Gasteiger partial charge in [0.25, 0.3) is 0 Å². The largest absolute Gasteiger partial charge is 0.480 e. The van der Waals surface area contributed by atoms with E-state index < -0.39 is 12.0 Å². The van der Waals surface area contributed by atoms with Crippen LogP contribution in [0.1, 0.15) is 89.5 Å². The second kappa shape index (κ2) is 17.2. The smallest absolute Gasteiger partial charge is 0.326 e. The highest BCUT2D eigenvalue weighted by Crippen LogP contribution is 2.10. The van der Waals surface area contributed by atoms with E-state index in [0.717, 1.165) is 31.2 Å². The fourth-order valence-corrected chi connectivity index (χ4v) is 3.68. The summed E-state index contributed by atoms with van der Waals surface area (Å²) >= 11 is 0. The lowest BCUT2D eigenvalue weighted by Gasteiger charge is -2.18. The van der Waals surface area contributed by atoms with Gasteiger partial charge < -0.3 is 15.3 Å². The van der Waals surface area contributed by atoms with Crippen molar-refractivity contribution in [1.29, 1.82) is 0 Å². The van der Waals surface area contributed by atoms with Crippen molar-refractivity contribution in [3.05, 3.63) is 35.9 Å². The van der Waals surface area contributed by atoms with Crippen molar-refractivity contribution in [2.45, 2.75) is 96.4 Å². The molecule has 0 radical (unpaired) electrons. The second-order valence-electron chi connectivity index (χ2n) is 8.63. The minimum absolute atomic E-state index is 0.0895. The van der Waals surface area contributed by atoms with Crippen LogP contribution in [0.2, 0.25) is 0 Å². The summed E-state index contributed by atoms with van der Waals surface area (Å²) < 4.78 is 0. The number of hydrogen-bond donors (Lipinski definition) is 2. The van der Waals surface area contributed by atoms with E-state index in [1.54, 1.807) is 11.9 Å². The molecule has 1 unspecified atom stereocenters. The average Bonchev–Trinajstić information content (AvgIpc) is 2.79. The first-order chi connectivity index (χ1) is 15.4. The number of carboxylic acids is 1. The third kappa shape index (κ3) is 13.1. The maximum absolute atomic E-state index is 12.3. The number of aliphatic carboxylic acids is 1. The number of carbonyl (C=O) groups excluding carboxylic acids is 2. The van der Waals surface area contributed by atoms with Gasteiger partial charge in [0.15, 0.2) is 0 Å². The zero-order valence-electron chi connectivity index (χ0n) is 20.0. The Kier molecular flexibility index (Phi) is 14.9. The van der Waals surface area contributed by atoms with Crippen LogP contribution in [0.25, 0.3) is 0 Å². The normalized spacial score (nSPS) is 11.7. The van der Waals surface area contributed by atoms with Crippen LogP contribution in [-0.4, -0.2) is 47.4 Å². The van der Waals surface area contributed by atoms with Gasteiger partial charge in [0.1, 0.15) is 6.04 Å². The molecule has 2 amide bonds. The first-order valence-corrected chi connectivity index (χ1v) is 12.2. The Hall–Kier alpha value is -2.37. The van der Waals surface area contributed by atoms with Gasteiger partial charge in [-0.05, 0) is 37.7 Å². The SMILES string of the molecule is CCCCCCCCCC(=O)NC(CCCCN(C)C(=O)CCc1ccccc1)C(=O)O. The van der Waals surface area contributed by atoms with Crippen molar-refractivity contribution < 1.29 is 19.5 Å². The zero-order valence-corrected chi connectivity index (χ0v) is 20.0. The first kappa shape index (κ1) is 27.7. The van der Waals surface area contributed by atoms with E-state index >= 15 is 0 Å². The monoisotopic (exact) mass is 446 g/mol. The van der Waals surface area contributed by atoms with E-state index in [4.69, 9.17) is 0 Å². The summed E-state index contributed by atoms with van der Waals surface area (Å²) in [6, 6.07) is 9.07. The van der Waals surface area contributed by atoms with E-state index in [0.29, 0.717) is 38.6 Å².